The van der Waals surface area contributed by atoms with E-state index in [1.165, 1.54) is 12.1 Å². The van der Waals surface area contributed by atoms with E-state index in [0.717, 1.165) is 11.6 Å². The zero-order valence-corrected chi connectivity index (χ0v) is 13.3. The van der Waals surface area contributed by atoms with Crippen molar-refractivity contribution in [3.05, 3.63) is 64.4 Å². The average Bonchev–Trinajstić information content (AvgIpc) is 2.54. The van der Waals surface area contributed by atoms with Gasteiger partial charge in [0.05, 0.1) is 11.1 Å². The van der Waals surface area contributed by atoms with E-state index in [4.69, 9.17) is 16.3 Å². The molecule has 0 fully saturated rings. The maximum atomic E-state index is 13.3. The van der Waals surface area contributed by atoms with Crippen molar-refractivity contribution in [2.45, 2.75) is 13.0 Å². The van der Waals surface area contributed by atoms with Crippen LogP contribution >= 0.6 is 11.6 Å². The van der Waals surface area contributed by atoms with Crippen molar-refractivity contribution in [2.24, 2.45) is 0 Å². The Bertz CT molecular complexity index is 693. The fraction of sp³-hybridized carbons (Fsp3) is 0.235. The van der Waals surface area contributed by atoms with Crippen LogP contribution in [0.15, 0.2) is 42.5 Å². The van der Waals surface area contributed by atoms with E-state index in [2.05, 4.69) is 5.32 Å². The van der Waals surface area contributed by atoms with Crippen molar-refractivity contribution in [2.75, 3.05) is 13.2 Å². The number of hydrogen-bond acceptors (Lipinski definition) is 3. The molecule has 0 radical (unpaired) electrons. The molecule has 0 aliphatic carbocycles. The molecule has 0 spiro atoms. The molecule has 1 atom stereocenters. The Morgan fingerprint density at radius 3 is 2.78 bits per heavy atom. The number of benzene rings is 2. The van der Waals surface area contributed by atoms with E-state index >= 15 is 0 Å². The lowest BCUT2D eigenvalue weighted by Crippen LogP contribution is -2.32. The normalized spacial score (nSPS) is 11.8. The summed E-state index contributed by atoms with van der Waals surface area (Å²) in [6.07, 6.45) is -1.02. The molecule has 2 aromatic rings. The number of carbonyl (C=O) groups is 1. The minimum absolute atomic E-state index is 0.0170. The number of amides is 1. The van der Waals surface area contributed by atoms with Gasteiger partial charge in [-0.05, 0) is 36.2 Å². The van der Waals surface area contributed by atoms with Gasteiger partial charge in [-0.3, -0.25) is 4.79 Å². The number of aryl methyl sites for hydroxylation is 1. The molecule has 2 N–H and O–H groups in total. The minimum atomic E-state index is -1.02. The predicted molar refractivity (Wildman–Crippen MR) is 86.1 cm³/mol. The minimum Gasteiger partial charge on any atom is -0.484 e. The van der Waals surface area contributed by atoms with Gasteiger partial charge in [-0.1, -0.05) is 35.9 Å². The van der Waals surface area contributed by atoms with Gasteiger partial charge >= 0.3 is 0 Å². The van der Waals surface area contributed by atoms with Crippen molar-refractivity contribution in [3.8, 4) is 5.75 Å². The number of carbonyl (C=O) groups excluding carboxylic acids is 1. The Kier molecular flexibility index (Phi) is 5.96. The van der Waals surface area contributed by atoms with E-state index in [-0.39, 0.29) is 24.1 Å². The SMILES string of the molecule is Cc1ccccc1OCC(=O)NCC(O)c1ccc(Cl)c(F)c1. The van der Waals surface area contributed by atoms with Gasteiger partial charge in [-0.25, -0.2) is 4.39 Å². The predicted octanol–water partition coefficient (Wildman–Crippen LogP) is 3.02. The van der Waals surface area contributed by atoms with Gasteiger partial charge in [0.25, 0.3) is 5.91 Å². The number of aliphatic hydroxyl groups excluding tert-OH is 1. The maximum Gasteiger partial charge on any atom is 0.258 e. The van der Waals surface area contributed by atoms with Gasteiger partial charge in [0, 0.05) is 6.54 Å². The van der Waals surface area contributed by atoms with E-state index in [1.807, 2.05) is 25.1 Å². The van der Waals surface area contributed by atoms with Crippen LogP contribution in [0.1, 0.15) is 17.2 Å². The molecule has 0 saturated heterocycles. The van der Waals surface area contributed by atoms with Crippen molar-refractivity contribution in [3.63, 3.8) is 0 Å². The number of aliphatic hydroxyl groups is 1. The summed E-state index contributed by atoms with van der Waals surface area (Å²) >= 11 is 5.58. The monoisotopic (exact) mass is 337 g/mol. The van der Waals surface area contributed by atoms with Crippen molar-refractivity contribution in [1.82, 2.24) is 5.32 Å². The highest BCUT2D eigenvalue weighted by molar-refractivity contribution is 6.30. The van der Waals surface area contributed by atoms with E-state index in [9.17, 15) is 14.3 Å². The lowest BCUT2D eigenvalue weighted by Gasteiger charge is -2.13. The average molecular weight is 338 g/mol. The third-order valence-corrected chi connectivity index (χ3v) is 3.58. The topological polar surface area (TPSA) is 58.6 Å². The molecule has 0 aromatic heterocycles. The second kappa shape index (κ2) is 7.94. The van der Waals surface area contributed by atoms with Crippen LogP contribution in [0.5, 0.6) is 5.75 Å². The van der Waals surface area contributed by atoms with Crippen molar-refractivity contribution in [1.29, 1.82) is 0 Å². The van der Waals surface area contributed by atoms with Gasteiger partial charge in [0.1, 0.15) is 11.6 Å². The van der Waals surface area contributed by atoms with Crippen LogP contribution in [0.2, 0.25) is 5.02 Å². The third kappa shape index (κ3) is 4.94. The second-order valence-electron chi connectivity index (χ2n) is 5.05. The molecule has 1 amide bonds. The Hall–Kier alpha value is -2.11. The summed E-state index contributed by atoms with van der Waals surface area (Å²) in [6, 6.07) is 11.4. The fourth-order valence-electron chi connectivity index (χ4n) is 1.96. The molecule has 2 aromatic carbocycles. The number of hydrogen-bond donors (Lipinski definition) is 2. The molecular weight excluding hydrogens is 321 g/mol. The lowest BCUT2D eigenvalue weighted by atomic mass is 10.1. The van der Waals surface area contributed by atoms with Crippen molar-refractivity contribution < 1.29 is 19.0 Å². The number of para-hydroxylation sites is 1. The molecule has 6 heteroatoms. The Morgan fingerprint density at radius 2 is 2.09 bits per heavy atom. The molecular formula is C17H17ClFNO3. The smallest absolute Gasteiger partial charge is 0.258 e. The van der Waals surface area contributed by atoms with E-state index in [1.54, 1.807) is 6.07 Å². The zero-order chi connectivity index (χ0) is 16.8. The van der Waals surface area contributed by atoms with E-state index in [0.29, 0.717) is 11.3 Å². The fourth-order valence-corrected chi connectivity index (χ4v) is 2.08. The molecule has 1 unspecified atom stereocenters. The summed E-state index contributed by atoms with van der Waals surface area (Å²) < 4.78 is 18.7. The van der Waals surface area contributed by atoms with Crippen molar-refractivity contribution >= 4 is 17.5 Å². The highest BCUT2D eigenvalue weighted by Gasteiger charge is 2.12. The van der Waals surface area contributed by atoms with Crippen LogP contribution in [0.4, 0.5) is 4.39 Å². The first-order valence-corrected chi connectivity index (χ1v) is 7.43. The number of ether oxygens (including phenoxy) is 1. The first-order chi connectivity index (χ1) is 11.0. The van der Waals surface area contributed by atoms with Crippen LogP contribution in [-0.2, 0) is 4.79 Å². The maximum absolute atomic E-state index is 13.3. The molecule has 0 heterocycles. The Balaban J connectivity index is 1.82. The number of nitrogens with one attached hydrogen (secondary N) is 1. The molecule has 23 heavy (non-hydrogen) atoms. The molecule has 0 bridgehead atoms. The quantitative estimate of drug-likeness (QED) is 0.852. The van der Waals surface area contributed by atoms with Gasteiger partial charge < -0.3 is 15.2 Å². The third-order valence-electron chi connectivity index (χ3n) is 3.27. The zero-order valence-electron chi connectivity index (χ0n) is 12.6. The summed E-state index contributed by atoms with van der Waals surface area (Å²) in [6.45, 7) is 1.68. The molecule has 4 nitrogen and oxygen atoms in total. The summed E-state index contributed by atoms with van der Waals surface area (Å²) in [4.78, 5) is 11.7. The largest absolute Gasteiger partial charge is 0.484 e. The number of rotatable bonds is 6. The second-order valence-corrected chi connectivity index (χ2v) is 5.45. The van der Waals surface area contributed by atoms with Gasteiger partial charge in [0.15, 0.2) is 6.61 Å². The first-order valence-electron chi connectivity index (χ1n) is 7.05. The molecule has 2 rings (SSSR count). The molecule has 122 valence electrons. The highest BCUT2D eigenvalue weighted by atomic mass is 35.5. The summed E-state index contributed by atoms with van der Waals surface area (Å²) in [5.74, 6) is -0.359. The van der Waals surface area contributed by atoms with Crippen LogP contribution in [0, 0.1) is 12.7 Å². The summed E-state index contributed by atoms with van der Waals surface area (Å²) in [5.41, 5.74) is 1.27. The lowest BCUT2D eigenvalue weighted by molar-refractivity contribution is -0.123. The van der Waals surface area contributed by atoms with Gasteiger partial charge in [-0.2, -0.15) is 0 Å². The van der Waals surface area contributed by atoms with Crippen LogP contribution in [0.3, 0.4) is 0 Å². The molecule has 0 aliphatic rings. The van der Waals surface area contributed by atoms with Gasteiger partial charge in [-0.15, -0.1) is 0 Å². The summed E-state index contributed by atoms with van der Waals surface area (Å²) in [7, 11) is 0. The first kappa shape index (κ1) is 17.2. The Labute approximate surface area is 138 Å². The van der Waals surface area contributed by atoms with Crippen LogP contribution < -0.4 is 10.1 Å². The highest BCUT2D eigenvalue weighted by Crippen LogP contribution is 2.20. The van der Waals surface area contributed by atoms with Crippen LogP contribution in [0.25, 0.3) is 0 Å². The molecule has 0 aliphatic heterocycles. The standard InChI is InChI=1S/C17H17ClFNO3/c1-11-4-2-3-5-16(11)23-10-17(22)20-9-15(21)12-6-7-13(18)14(19)8-12/h2-8,15,21H,9-10H2,1H3,(H,20,22). The van der Waals surface area contributed by atoms with E-state index < -0.39 is 11.9 Å². The van der Waals surface area contributed by atoms with Crippen LogP contribution in [-0.4, -0.2) is 24.2 Å². The number of halogens is 2. The van der Waals surface area contributed by atoms with Gasteiger partial charge in [0.2, 0.25) is 0 Å². The Morgan fingerprint density at radius 1 is 1.35 bits per heavy atom. The molecule has 0 saturated carbocycles. The summed E-state index contributed by atoms with van der Waals surface area (Å²) in [5, 5.41) is 12.5.